The van der Waals surface area contributed by atoms with E-state index in [-0.39, 0.29) is 0 Å². The normalized spacial score (nSPS) is 12.7. The maximum atomic E-state index is 4.17. The zero-order valence-electron chi connectivity index (χ0n) is 8.05. The highest BCUT2D eigenvalue weighted by Gasteiger charge is 2.11. The number of rotatable bonds is 5. The van der Waals surface area contributed by atoms with Gasteiger partial charge in [0.2, 0.25) is 0 Å². The predicted octanol–water partition coefficient (Wildman–Crippen LogP) is 3.04. The highest BCUT2D eigenvalue weighted by molar-refractivity contribution is 8.28. The quantitative estimate of drug-likeness (QED) is 0.368. The summed E-state index contributed by atoms with van der Waals surface area (Å²) in [5.41, 5.74) is 0. The van der Waals surface area contributed by atoms with Gasteiger partial charge in [-0.25, -0.2) is 0 Å². The summed E-state index contributed by atoms with van der Waals surface area (Å²) in [5.74, 6) is 1.28. The number of nitrogens with zero attached hydrogens (tertiary/aromatic N) is 1. The SMILES string of the molecule is CC=NCCCS[Si](C)(C)C. The molecule has 0 heterocycles. The lowest BCUT2D eigenvalue weighted by molar-refractivity contribution is 0.949. The van der Waals surface area contributed by atoms with Gasteiger partial charge >= 0.3 is 0 Å². The van der Waals surface area contributed by atoms with E-state index in [0.29, 0.717) is 0 Å². The van der Waals surface area contributed by atoms with E-state index >= 15 is 0 Å². The summed E-state index contributed by atoms with van der Waals surface area (Å²) in [7, 11) is -0.853. The van der Waals surface area contributed by atoms with Gasteiger partial charge < -0.3 is 0 Å². The van der Waals surface area contributed by atoms with Crippen LogP contribution in [0.3, 0.4) is 0 Å². The average molecular weight is 189 g/mol. The lowest BCUT2D eigenvalue weighted by Crippen LogP contribution is -2.14. The van der Waals surface area contributed by atoms with Crippen LogP contribution in [0, 0.1) is 0 Å². The molecule has 11 heavy (non-hydrogen) atoms. The van der Waals surface area contributed by atoms with Crippen LogP contribution in [0.15, 0.2) is 4.99 Å². The van der Waals surface area contributed by atoms with E-state index in [0.717, 1.165) is 6.54 Å². The monoisotopic (exact) mass is 189 g/mol. The summed E-state index contributed by atoms with van der Waals surface area (Å²) in [6, 6.07) is 0. The molecule has 0 fully saturated rings. The lowest BCUT2D eigenvalue weighted by Gasteiger charge is -2.13. The molecule has 0 unspecified atom stereocenters. The molecule has 0 aromatic heterocycles. The van der Waals surface area contributed by atoms with Crippen molar-refractivity contribution in [3.8, 4) is 0 Å². The van der Waals surface area contributed by atoms with Crippen molar-refractivity contribution in [1.82, 2.24) is 0 Å². The highest BCUT2D eigenvalue weighted by Crippen LogP contribution is 2.19. The first kappa shape index (κ1) is 11.2. The Kier molecular flexibility index (Phi) is 5.96. The minimum Gasteiger partial charge on any atom is -0.298 e. The second kappa shape index (κ2) is 5.83. The molecule has 0 atom stereocenters. The Bertz CT molecular complexity index is 118. The van der Waals surface area contributed by atoms with Crippen molar-refractivity contribution in [2.75, 3.05) is 12.3 Å². The lowest BCUT2D eigenvalue weighted by atomic mass is 10.5. The minimum atomic E-state index is -0.853. The molecule has 0 saturated heterocycles. The van der Waals surface area contributed by atoms with E-state index < -0.39 is 7.22 Å². The molecule has 0 N–H and O–H groups in total. The molecule has 0 aliphatic rings. The van der Waals surface area contributed by atoms with Crippen molar-refractivity contribution in [1.29, 1.82) is 0 Å². The van der Waals surface area contributed by atoms with Crippen LogP contribution in [0.2, 0.25) is 19.6 Å². The Balaban J connectivity index is 3.15. The van der Waals surface area contributed by atoms with Crippen LogP contribution in [-0.4, -0.2) is 25.7 Å². The molecule has 1 nitrogen and oxygen atoms in total. The first-order valence-corrected chi connectivity index (χ1v) is 9.35. The molecular weight excluding hydrogens is 170 g/mol. The van der Waals surface area contributed by atoms with Crippen LogP contribution in [0.4, 0.5) is 0 Å². The zero-order valence-corrected chi connectivity index (χ0v) is 9.87. The first-order chi connectivity index (χ1) is 5.06. The molecule has 0 aromatic carbocycles. The fourth-order valence-corrected chi connectivity index (χ4v) is 3.82. The van der Waals surface area contributed by atoms with Crippen LogP contribution in [-0.2, 0) is 0 Å². The average Bonchev–Trinajstić information content (AvgIpc) is 1.85. The molecule has 0 radical (unpaired) electrons. The van der Waals surface area contributed by atoms with E-state index in [1.807, 2.05) is 13.1 Å². The van der Waals surface area contributed by atoms with Gasteiger partial charge in [-0.3, -0.25) is 4.99 Å². The molecular formula is C8H19NSSi. The van der Waals surface area contributed by atoms with E-state index in [1.165, 1.54) is 12.2 Å². The third kappa shape index (κ3) is 10.2. The second-order valence-corrected chi connectivity index (χ2v) is 12.9. The fraction of sp³-hybridized carbons (Fsp3) is 0.875. The van der Waals surface area contributed by atoms with Crippen LogP contribution in [0.5, 0.6) is 0 Å². The van der Waals surface area contributed by atoms with Gasteiger partial charge in [0, 0.05) is 6.54 Å². The molecule has 0 bridgehead atoms. The maximum absolute atomic E-state index is 4.17. The van der Waals surface area contributed by atoms with Gasteiger partial charge in [0.05, 0.1) is 0 Å². The molecule has 66 valence electrons. The van der Waals surface area contributed by atoms with Crippen molar-refractivity contribution < 1.29 is 0 Å². The topological polar surface area (TPSA) is 12.4 Å². The zero-order chi connectivity index (χ0) is 8.74. The highest BCUT2D eigenvalue weighted by atomic mass is 32.4. The Labute approximate surface area is 75.3 Å². The molecule has 3 heteroatoms. The Morgan fingerprint density at radius 2 is 2.00 bits per heavy atom. The van der Waals surface area contributed by atoms with Gasteiger partial charge in [0.15, 0.2) is 0 Å². The van der Waals surface area contributed by atoms with E-state index in [2.05, 4.69) is 35.8 Å². The molecule has 0 aliphatic heterocycles. The molecule has 0 aliphatic carbocycles. The van der Waals surface area contributed by atoms with Crippen molar-refractivity contribution in [2.24, 2.45) is 4.99 Å². The van der Waals surface area contributed by atoms with Crippen LogP contribution in [0.1, 0.15) is 13.3 Å². The third-order valence-corrected chi connectivity index (χ3v) is 5.72. The van der Waals surface area contributed by atoms with Gasteiger partial charge in [-0.15, -0.1) is 0 Å². The summed E-state index contributed by atoms with van der Waals surface area (Å²) in [6.45, 7) is 10.2. The summed E-state index contributed by atoms with van der Waals surface area (Å²) in [6.07, 6.45) is 3.12. The summed E-state index contributed by atoms with van der Waals surface area (Å²) in [5, 5.41) is 0. The summed E-state index contributed by atoms with van der Waals surface area (Å²) in [4.78, 5) is 4.17. The summed E-state index contributed by atoms with van der Waals surface area (Å²) < 4.78 is 0. The maximum Gasteiger partial charge on any atom is 0.108 e. The molecule has 0 rings (SSSR count). The van der Waals surface area contributed by atoms with Crippen molar-refractivity contribution in [2.45, 2.75) is 33.0 Å². The summed E-state index contributed by atoms with van der Waals surface area (Å²) >= 11 is 2.15. The van der Waals surface area contributed by atoms with Crippen LogP contribution in [0.25, 0.3) is 0 Å². The molecule has 0 aromatic rings. The number of hydrogen-bond donors (Lipinski definition) is 0. The smallest absolute Gasteiger partial charge is 0.108 e. The van der Waals surface area contributed by atoms with Gasteiger partial charge in [0.25, 0.3) is 0 Å². The van der Waals surface area contributed by atoms with E-state index in [1.54, 1.807) is 0 Å². The van der Waals surface area contributed by atoms with Crippen LogP contribution < -0.4 is 0 Å². The third-order valence-electron chi connectivity index (χ3n) is 1.15. The van der Waals surface area contributed by atoms with Crippen molar-refractivity contribution in [3.63, 3.8) is 0 Å². The molecule has 0 spiro atoms. The standard InChI is InChI=1S/C8H19NSSi/c1-5-9-7-6-8-10-11(2,3)4/h5H,6-8H2,1-4H3. The minimum absolute atomic E-state index is 0.853. The number of aliphatic imine (C=N–C) groups is 1. The Morgan fingerprint density at radius 1 is 1.36 bits per heavy atom. The largest absolute Gasteiger partial charge is 0.298 e. The second-order valence-electron chi connectivity index (χ2n) is 3.48. The van der Waals surface area contributed by atoms with E-state index in [9.17, 15) is 0 Å². The van der Waals surface area contributed by atoms with Crippen LogP contribution >= 0.6 is 11.2 Å². The van der Waals surface area contributed by atoms with Gasteiger partial charge in [-0.05, 0) is 25.3 Å². The van der Waals surface area contributed by atoms with Gasteiger partial charge in [-0.1, -0.05) is 19.6 Å². The van der Waals surface area contributed by atoms with Crippen molar-refractivity contribution >= 4 is 24.6 Å². The van der Waals surface area contributed by atoms with E-state index in [4.69, 9.17) is 0 Å². The fourth-order valence-electron chi connectivity index (χ4n) is 0.663. The predicted molar refractivity (Wildman–Crippen MR) is 59.5 cm³/mol. The Morgan fingerprint density at radius 3 is 2.45 bits per heavy atom. The van der Waals surface area contributed by atoms with Gasteiger partial charge in [-0.2, -0.15) is 11.2 Å². The van der Waals surface area contributed by atoms with Crippen molar-refractivity contribution in [3.05, 3.63) is 0 Å². The molecule has 0 amide bonds. The first-order valence-electron chi connectivity index (χ1n) is 4.14. The Hall–Kier alpha value is 0.237. The number of hydrogen-bond acceptors (Lipinski definition) is 2. The van der Waals surface area contributed by atoms with Gasteiger partial charge in [0.1, 0.15) is 7.22 Å². The molecule has 0 saturated carbocycles.